The Labute approximate surface area is 100 Å². The van der Waals surface area contributed by atoms with Gasteiger partial charge in [-0.25, -0.2) is 4.39 Å². The van der Waals surface area contributed by atoms with E-state index in [1.54, 1.807) is 18.6 Å². The molecule has 17 heavy (non-hydrogen) atoms. The molecule has 1 heterocycles. The van der Waals surface area contributed by atoms with Crippen LogP contribution in [0.5, 0.6) is 0 Å². The third kappa shape index (κ3) is 2.94. The molecule has 0 fully saturated rings. The second kappa shape index (κ2) is 5.64. The van der Waals surface area contributed by atoms with Gasteiger partial charge in [-0.15, -0.1) is 0 Å². The third-order valence-electron chi connectivity index (χ3n) is 2.82. The molecule has 2 rings (SSSR count). The van der Waals surface area contributed by atoms with Crippen LogP contribution in [-0.2, 0) is 6.54 Å². The summed E-state index contributed by atoms with van der Waals surface area (Å²) in [6, 6.07) is 8.83. The van der Waals surface area contributed by atoms with Crippen LogP contribution in [0.4, 0.5) is 4.39 Å². The average molecular weight is 233 g/mol. The fraction of sp³-hybridized carbons (Fsp3) is 0.286. The van der Waals surface area contributed by atoms with Gasteiger partial charge in [0.2, 0.25) is 0 Å². The van der Waals surface area contributed by atoms with Gasteiger partial charge in [0.1, 0.15) is 5.82 Å². The lowest BCUT2D eigenvalue weighted by atomic mass is 10.0. The maximum atomic E-state index is 13.6. The highest BCUT2D eigenvalue weighted by atomic mass is 19.1. The molecule has 0 spiro atoms. The molecule has 90 valence electrons. The van der Waals surface area contributed by atoms with Gasteiger partial charge in [-0.1, -0.05) is 25.1 Å². The first-order valence-corrected chi connectivity index (χ1v) is 5.80. The minimum atomic E-state index is -0.154. The van der Waals surface area contributed by atoms with E-state index >= 15 is 0 Å². The molecule has 2 aromatic rings. The van der Waals surface area contributed by atoms with Crippen LogP contribution in [0.15, 0.2) is 47.3 Å². The van der Waals surface area contributed by atoms with Crippen LogP contribution < -0.4 is 5.32 Å². The highest BCUT2D eigenvalue weighted by Gasteiger charge is 2.12. The minimum Gasteiger partial charge on any atom is -0.472 e. The number of furan rings is 1. The van der Waals surface area contributed by atoms with Crippen molar-refractivity contribution in [3.8, 4) is 0 Å². The summed E-state index contributed by atoms with van der Waals surface area (Å²) < 4.78 is 18.6. The number of halogens is 1. The second-order valence-corrected chi connectivity index (χ2v) is 3.99. The molecule has 0 aliphatic heterocycles. The van der Waals surface area contributed by atoms with Crippen molar-refractivity contribution in [1.29, 1.82) is 0 Å². The van der Waals surface area contributed by atoms with Crippen molar-refractivity contribution < 1.29 is 8.81 Å². The van der Waals surface area contributed by atoms with E-state index in [-0.39, 0.29) is 11.9 Å². The summed E-state index contributed by atoms with van der Waals surface area (Å²) in [5.41, 5.74) is 1.79. The molecule has 0 saturated heterocycles. The summed E-state index contributed by atoms with van der Waals surface area (Å²) in [6.07, 6.45) is 4.18. The van der Waals surface area contributed by atoms with Gasteiger partial charge in [-0.05, 0) is 18.6 Å². The smallest absolute Gasteiger partial charge is 0.127 e. The van der Waals surface area contributed by atoms with E-state index in [0.29, 0.717) is 6.54 Å². The Balaban J connectivity index is 2.04. The van der Waals surface area contributed by atoms with Crippen LogP contribution in [-0.4, -0.2) is 0 Å². The molecule has 2 nitrogen and oxygen atoms in total. The Morgan fingerprint density at radius 1 is 1.29 bits per heavy atom. The van der Waals surface area contributed by atoms with Crippen LogP contribution in [0.2, 0.25) is 0 Å². The van der Waals surface area contributed by atoms with Crippen LogP contribution >= 0.6 is 0 Å². The molecule has 1 atom stereocenters. The Morgan fingerprint density at radius 2 is 2.12 bits per heavy atom. The summed E-state index contributed by atoms with van der Waals surface area (Å²) in [5.74, 6) is -0.154. The molecule has 0 aliphatic rings. The Morgan fingerprint density at radius 3 is 2.76 bits per heavy atom. The zero-order valence-corrected chi connectivity index (χ0v) is 9.82. The molecule has 1 unspecified atom stereocenters. The number of hydrogen-bond donors (Lipinski definition) is 1. The lowest BCUT2D eigenvalue weighted by molar-refractivity contribution is 0.485. The van der Waals surface area contributed by atoms with Crippen LogP contribution in [0.1, 0.15) is 30.5 Å². The van der Waals surface area contributed by atoms with E-state index in [9.17, 15) is 4.39 Å². The molecule has 0 radical (unpaired) electrons. The maximum Gasteiger partial charge on any atom is 0.127 e. The summed E-state index contributed by atoms with van der Waals surface area (Å²) in [5, 5.41) is 3.33. The average Bonchev–Trinajstić information content (AvgIpc) is 2.85. The molecular weight excluding hydrogens is 217 g/mol. The van der Waals surface area contributed by atoms with Crippen molar-refractivity contribution in [2.45, 2.75) is 25.9 Å². The number of benzene rings is 1. The normalized spacial score (nSPS) is 12.6. The van der Waals surface area contributed by atoms with Gasteiger partial charge in [0, 0.05) is 23.7 Å². The van der Waals surface area contributed by atoms with Crippen molar-refractivity contribution in [2.75, 3.05) is 0 Å². The molecule has 0 bridgehead atoms. The molecule has 1 aromatic carbocycles. The van der Waals surface area contributed by atoms with Crippen molar-refractivity contribution >= 4 is 0 Å². The molecule has 0 amide bonds. The van der Waals surface area contributed by atoms with E-state index in [1.165, 1.54) is 6.07 Å². The molecule has 1 N–H and O–H groups in total. The van der Waals surface area contributed by atoms with Crippen molar-refractivity contribution in [3.63, 3.8) is 0 Å². The van der Waals surface area contributed by atoms with Gasteiger partial charge in [0.05, 0.1) is 12.5 Å². The third-order valence-corrected chi connectivity index (χ3v) is 2.82. The van der Waals surface area contributed by atoms with E-state index in [2.05, 4.69) is 5.32 Å². The van der Waals surface area contributed by atoms with Crippen molar-refractivity contribution in [2.24, 2.45) is 0 Å². The first-order chi connectivity index (χ1) is 8.31. The summed E-state index contributed by atoms with van der Waals surface area (Å²) >= 11 is 0. The highest BCUT2D eigenvalue weighted by molar-refractivity contribution is 5.21. The van der Waals surface area contributed by atoms with Crippen molar-refractivity contribution in [3.05, 3.63) is 59.8 Å². The van der Waals surface area contributed by atoms with Gasteiger partial charge in [-0.3, -0.25) is 0 Å². The molecule has 0 saturated carbocycles. The fourth-order valence-electron chi connectivity index (χ4n) is 1.87. The number of hydrogen-bond acceptors (Lipinski definition) is 2. The van der Waals surface area contributed by atoms with Crippen LogP contribution in [0, 0.1) is 5.82 Å². The topological polar surface area (TPSA) is 25.2 Å². The number of nitrogens with one attached hydrogen (secondary N) is 1. The van der Waals surface area contributed by atoms with Gasteiger partial charge in [0.25, 0.3) is 0 Å². The second-order valence-electron chi connectivity index (χ2n) is 3.99. The van der Waals surface area contributed by atoms with Crippen LogP contribution in [0.3, 0.4) is 0 Å². The first kappa shape index (κ1) is 11.9. The standard InChI is InChI=1S/C14H16FNO/c1-2-14(12-5-3-4-6-13(12)15)16-9-11-7-8-17-10-11/h3-8,10,14,16H,2,9H2,1H3. The number of rotatable bonds is 5. The quantitative estimate of drug-likeness (QED) is 0.852. The van der Waals surface area contributed by atoms with Gasteiger partial charge >= 0.3 is 0 Å². The Hall–Kier alpha value is -1.61. The van der Waals surface area contributed by atoms with E-state index in [4.69, 9.17) is 4.42 Å². The summed E-state index contributed by atoms with van der Waals surface area (Å²) in [6.45, 7) is 2.73. The van der Waals surface area contributed by atoms with Gasteiger partial charge in [0.15, 0.2) is 0 Å². The molecule has 3 heteroatoms. The SMILES string of the molecule is CCC(NCc1ccoc1)c1ccccc1F. The molecule has 1 aromatic heterocycles. The lowest BCUT2D eigenvalue weighted by Gasteiger charge is -2.17. The maximum absolute atomic E-state index is 13.6. The Kier molecular flexibility index (Phi) is 3.94. The van der Waals surface area contributed by atoms with E-state index in [0.717, 1.165) is 17.5 Å². The lowest BCUT2D eigenvalue weighted by Crippen LogP contribution is -2.21. The van der Waals surface area contributed by atoms with E-state index in [1.807, 2.05) is 25.1 Å². The highest BCUT2D eigenvalue weighted by Crippen LogP contribution is 2.20. The summed E-state index contributed by atoms with van der Waals surface area (Å²) in [4.78, 5) is 0. The Bertz CT molecular complexity index is 453. The molecular formula is C14H16FNO. The minimum absolute atomic E-state index is 0.0334. The van der Waals surface area contributed by atoms with Gasteiger partial charge in [-0.2, -0.15) is 0 Å². The van der Waals surface area contributed by atoms with Gasteiger partial charge < -0.3 is 9.73 Å². The monoisotopic (exact) mass is 233 g/mol. The predicted octanol–water partition coefficient (Wildman–Crippen LogP) is 3.66. The van der Waals surface area contributed by atoms with Crippen LogP contribution in [0.25, 0.3) is 0 Å². The summed E-state index contributed by atoms with van der Waals surface area (Å²) in [7, 11) is 0. The van der Waals surface area contributed by atoms with Crippen molar-refractivity contribution in [1.82, 2.24) is 5.32 Å². The molecule has 0 aliphatic carbocycles. The fourth-order valence-corrected chi connectivity index (χ4v) is 1.87. The van der Waals surface area contributed by atoms with E-state index < -0.39 is 0 Å². The zero-order valence-electron chi connectivity index (χ0n) is 9.82. The predicted molar refractivity (Wildman–Crippen MR) is 65.0 cm³/mol. The zero-order chi connectivity index (χ0) is 12.1. The first-order valence-electron chi connectivity index (χ1n) is 5.80. The largest absolute Gasteiger partial charge is 0.472 e.